The van der Waals surface area contributed by atoms with Crippen molar-refractivity contribution in [2.45, 2.75) is 50.9 Å². The predicted octanol–water partition coefficient (Wildman–Crippen LogP) is 3.35. The molecule has 0 radical (unpaired) electrons. The van der Waals surface area contributed by atoms with Gasteiger partial charge in [-0.1, -0.05) is 30.2 Å². The van der Waals surface area contributed by atoms with Crippen molar-refractivity contribution < 1.29 is 4.79 Å². The van der Waals surface area contributed by atoms with Gasteiger partial charge in [-0.15, -0.1) is 0 Å². The first-order chi connectivity index (χ1) is 10.1. The molecular formula is C17H21ClN2O. The van der Waals surface area contributed by atoms with Crippen LogP contribution in [0.1, 0.15) is 44.3 Å². The van der Waals surface area contributed by atoms with Crippen LogP contribution in [0, 0.1) is 11.8 Å². The molecule has 1 aromatic rings. The molecule has 5 atom stereocenters. The van der Waals surface area contributed by atoms with E-state index in [0.717, 1.165) is 16.5 Å². The average molecular weight is 305 g/mol. The SMILES string of the molecule is CC1NC(c2ccc(Cl)cc2)N(C2CC3CCC2C3)C1=O. The molecule has 1 saturated heterocycles. The number of nitrogens with one attached hydrogen (secondary N) is 1. The fourth-order valence-electron chi connectivity index (χ4n) is 4.55. The van der Waals surface area contributed by atoms with Crippen molar-refractivity contribution in [1.82, 2.24) is 10.2 Å². The number of carbonyl (C=O) groups is 1. The Morgan fingerprint density at radius 3 is 2.57 bits per heavy atom. The summed E-state index contributed by atoms with van der Waals surface area (Å²) in [6.45, 7) is 1.97. The number of benzene rings is 1. The van der Waals surface area contributed by atoms with Gasteiger partial charge in [-0.2, -0.15) is 0 Å². The monoisotopic (exact) mass is 304 g/mol. The van der Waals surface area contributed by atoms with Gasteiger partial charge in [0, 0.05) is 11.1 Å². The van der Waals surface area contributed by atoms with E-state index in [2.05, 4.69) is 10.2 Å². The summed E-state index contributed by atoms with van der Waals surface area (Å²) < 4.78 is 0. The second-order valence-electron chi connectivity index (χ2n) is 6.83. The van der Waals surface area contributed by atoms with E-state index in [0.29, 0.717) is 12.0 Å². The summed E-state index contributed by atoms with van der Waals surface area (Å²) in [5.74, 6) is 1.81. The number of hydrogen-bond acceptors (Lipinski definition) is 2. The van der Waals surface area contributed by atoms with Crippen molar-refractivity contribution in [2.24, 2.45) is 11.8 Å². The molecule has 3 fully saturated rings. The first-order valence-electron chi connectivity index (χ1n) is 7.97. The molecule has 1 aromatic carbocycles. The van der Waals surface area contributed by atoms with Gasteiger partial charge in [0.15, 0.2) is 0 Å². The van der Waals surface area contributed by atoms with Crippen LogP contribution in [0.5, 0.6) is 0 Å². The molecule has 1 N–H and O–H groups in total. The van der Waals surface area contributed by atoms with Gasteiger partial charge in [0.25, 0.3) is 0 Å². The van der Waals surface area contributed by atoms with E-state index in [4.69, 9.17) is 11.6 Å². The number of halogens is 1. The first kappa shape index (κ1) is 13.6. The third-order valence-corrected chi connectivity index (χ3v) is 5.81. The van der Waals surface area contributed by atoms with E-state index < -0.39 is 0 Å². The smallest absolute Gasteiger partial charge is 0.241 e. The van der Waals surface area contributed by atoms with E-state index in [9.17, 15) is 4.79 Å². The summed E-state index contributed by atoms with van der Waals surface area (Å²) >= 11 is 5.99. The maximum atomic E-state index is 12.7. The maximum absolute atomic E-state index is 12.7. The fraction of sp³-hybridized carbons (Fsp3) is 0.588. The third kappa shape index (κ3) is 2.18. The fourth-order valence-corrected chi connectivity index (χ4v) is 4.67. The van der Waals surface area contributed by atoms with Crippen molar-refractivity contribution in [1.29, 1.82) is 0 Å². The van der Waals surface area contributed by atoms with Crippen LogP contribution in [0.15, 0.2) is 24.3 Å². The largest absolute Gasteiger partial charge is 0.318 e. The molecule has 21 heavy (non-hydrogen) atoms. The Morgan fingerprint density at radius 2 is 1.95 bits per heavy atom. The number of fused-ring (bicyclic) bond motifs is 2. The topological polar surface area (TPSA) is 32.3 Å². The van der Waals surface area contributed by atoms with E-state index in [1.54, 1.807) is 0 Å². The van der Waals surface area contributed by atoms with Crippen LogP contribution in [-0.2, 0) is 4.79 Å². The molecule has 3 aliphatic rings. The van der Waals surface area contributed by atoms with Gasteiger partial charge in [-0.25, -0.2) is 0 Å². The number of amides is 1. The van der Waals surface area contributed by atoms with Crippen molar-refractivity contribution in [2.75, 3.05) is 0 Å². The molecule has 4 rings (SSSR count). The number of carbonyl (C=O) groups excluding carboxylic acids is 1. The minimum Gasteiger partial charge on any atom is -0.318 e. The minimum atomic E-state index is -0.0928. The first-order valence-corrected chi connectivity index (χ1v) is 8.35. The molecule has 1 aliphatic heterocycles. The minimum absolute atomic E-state index is 0.00844. The highest BCUT2D eigenvalue weighted by atomic mass is 35.5. The van der Waals surface area contributed by atoms with Gasteiger partial charge in [0.05, 0.1) is 6.04 Å². The molecule has 4 heteroatoms. The highest BCUT2D eigenvalue weighted by Crippen LogP contribution is 2.49. The van der Waals surface area contributed by atoms with Gasteiger partial charge >= 0.3 is 0 Å². The van der Waals surface area contributed by atoms with E-state index >= 15 is 0 Å². The van der Waals surface area contributed by atoms with E-state index in [-0.39, 0.29) is 18.1 Å². The van der Waals surface area contributed by atoms with Gasteiger partial charge in [-0.3, -0.25) is 10.1 Å². The van der Waals surface area contributed by atoms with Crippen LogP contribution in [0.25, 0.3) is 0 Å². The van der Waals surface area contributed by atoms with Crippen LogP contribution >= 0.6 is 11.6 Å². The van der Waals surface area contributed by atoms with Crippen LogP contribution < -0.4 is 5.32 Å². The normalized spacial score (nSPS) is 38.5. The van der Waals surface area contributed by atoms with E-state index in [1.807, 2.05) is 31.2 Å². The summed E-state index contributed by atoms with van der Waals surface area (Å²) in [6, 6.07) is 8.21. The molecular weight excluding hydrogens is 284 g/mol. The molecule has 0 spiro atoms. The van der Waals surface area contributed by atoms with Crippen LogP contribution in [0.3, 0.4) is 0 Å². The highest BCUT2D eigenvalue weighted by Gasteiger charge is 2.49. The lowest BCUT2D eigenvalue weighted by molar-refractivity contribution is -0.133. The quantitative estimate of drug-likeness (QED) is 0.909. The second-order valence-corrected chi connectivity index (χ2v) is 7.27. The summed E-state index contributed by atoms with van der Waals surface area (Å²) in [6.07, 6.45) is 5.16. The van der Waals surface area contributed by atoms with Crippen LogP contribution in [-0.4, -0.2) is 22.9 Å². The zero-order valence-corrected chi connectivity index (χ0v) is 13.0. The molecule has 1 heterocycles. The molecule has 2 aliphatic carbocycles. The van der Waals surface area contributed by atoms with E-state index in [1.165, 1.54) is 25.7 Å². The van der Waals surface area contributed by atoms with Crippen LogP contribution in [0.2, 0.25) is 5.02 Å². The van der Waals surface area contributed by atoms with Gasteiger partial charge in [0.2, 0.25) is 5.91 Å². The zero-order valence-electron chi connectivity index (χ0n) is 12.3. The predicted molar refractivity (Wildman–Crippen MR) is 82.9 cm³/mol. The highest BCUT2D eigenvalue weighted by molar-refractivity contribution is 6.30. The van der Waals surface area contributed by atoms with Crippen molar-refractivity contribution in [3.63, 3.8) is 0 Å². The van der Waals surface area contributed by atoms with Gasteiger partial charge in [-0.05, 0) is 55.7 Å². The number of rotatable bonds is 2. The zero-order chi connectivity index (χ0) is 14.6. The summed E-state index contributed by atoms with van der Waals surface area (Å²) in [5, 5.41) is 4.20. The van der Waals surface area contributed by atoms with Crippen molar-refractivity contribution in [3.05, 3.63) is 34.9 Å². The lowest BCUT2D eigenvalue weighted by Gasteiger charge is -2.35. The number of hydrogen-bond donors (Lipinski definition) is 1. The van der Waals surface area contributed by atoms with Crippen molar-refractivity contribution in [3.8, 4) is 0 Å². The van der Waals surface area contributed by atoms with Gasteiger partial charge < -0.3 is 4.90 Å². The Morgan fingerprint density at radius 1 is 1.19 bits per heavy atom. The Labute approximate surface area is 130 Å². The molecule has 5 unspecified atom stereocenters. The molecule has 2 saturated carbocycles. The second kappa shape index (κ2) is 4.99. The van der Waals surface area contributed by atoms with Crippen molar-refractivity contribution >= 4 is 17.5 Å². The average Bonchev–Trinajstić information content (AvgIpc) is 3.16. The maximum Gasteiger partial charge on any atom is 0.241 e. The van der Waals surface area contributed by atoms with Crippen LogP contribution in [0.4, 0.5) is 0 Å². The lowest BCUT2D eigenvalue weighted by Crippen LogP contribution is -2.43. The summed E-state index contributed by atoms with van der Waals surface area (Å²) in [5.41, 5.74) is 1.14. The molecule has 2 bridgehead atoms. The molecule has 1 amide bonds. The standard InChI is InChI=1S/C17H21ClN2O/c1-10-17(21)20(15-9-11-2-3-13(15)8-11)16(19-10)12-4-6-14(18)7-5-12/h4-7,10-11,13,15-16,19H,2-3,8-9H2,1H3. The molecule has 0 aromatic heterocycles. The molecule has 112 valence electrons. The Hall–Kier alpha value is -1.06. The molecule has 3 nitrogen and oxygen atoms in total. The lowest BCUT2D eigenvalue weighted by atomic mass is 9.93. The number of nitrogens with zero attached hydrogens (tertiary/aromatic N) is 1. The Bertz CT molecular complexity index is 558. The Balaban J connectivity index is 1.65. The summed E-state index contributed by atoms with van der Waals surface area (Å²) in [4.78, 5) is 14.8. The third-order valence-electron chi connectivity index (χ3n) is 5.55. The Kier molecular flexibility index (Phi) is 3.23. The summed E-state index contributed by atoms with van der Waals surface area (Å²) in [7, 11) is 0. The van der Waals surface area contributed by atoms with Gasteiger partial charge in [0.1, 0.15) is 6.17 Å².